The molecule has 15 heavy (non-hydrogen) atoms. The van der Waals surface area contributed by atoms with Crippen LogP contribution in [0.5, 0.6) is 0 Å². The Morgan fingerprint density at radius 3 is 2.93 bits per heavy atom. The Balaban J connectivity index is 2.65. The molecule has 0 aromatic carbocycles. The molecule has 0 saturated heterocycles. The van der Waals surface area contributed by atoms with Crippen molar-refractivity contribution in [1.29, 1.82) is 0 Å². The van der Waals surface area contributed by atoms with E-state index in [4.69, 9.17) is 5.73 Å². The third-order valence-corrected chi connectivity index (χ3v) is 1.69. The smallest absolute Gasteiger partial charge is 0.282 e. The molecule has 0 atom stereocenters. The van der Waals surface area contributed by atoms with Crippen LogP contribution in [-0.2, 0) is 0 Å². The van der Waals surface area contributed by atoms with Crippen molar-refractivity contribution in [3.8, 4) is 0 Å². The Hall–Kier alpha value is -2.25. The number of rotatable bonds is 2. The van der Waals surface area contributed by atoms with Gasteiger partial charge in [0.2, 0.25) is 11.9 Å². The van der Waals surface area contributed by atoms with Gasteiger partial charge in [-0.2, -0.15) is 9.97 Å². The lowest BCUT2D eigenvalue weighted by atomic mass is 10.5. The third kappa shape index (κ3) is 1.68. The van der Waals surface area contributed by atoms with E-state index < -0.39 is 5.56 Å². The molecule has 4 N–H and O–H groups in total. The van der Waals surface area contributed by atoms with Crippen LogP contribution in [-0.4, -0.2) is 31.7 Å². The largest absolute Gasteiger partial charge is 0.369 e. The number of nitrogen functional groups attached to an aromatic ring is 1. The number of nitrogens with zero attached hydrogens (tertiary/aromatic N) is 4. The Kier molecular flexibility index (Phi) is 2.16. The number of H-pyrrole nitrogens is 1. The summed E-state index contributed by atoms with van der Waals surface area (Å²) in [6, 6.07) is 0. The van der Waals surface area contributed by atoms with Crippen molar-refractivity contribution in [3.05, 3.63) is 10.4 Å². The maximum atomic E-state index is 11.3. The molecule has 0 aliphatic heterocycles. The van der Waals surface area contributed by atoms with Crippen molar-refractivity contribution in [2.24, 2.45) is 0 Å². The van der Waals surface area contributed by atoms with Gasteiger partial charge in [0.25, 0.3) is 5.56 Å². The van der Waals surface area contributed by atoms with Crippen LogP contribution in [0.4, 0.5) is 11.9 Å². The maximum absolute atomic E-state index is 11.3. The highest BCUT2D eigenvalue weighted by atomic mass is 16.1. The minimum Gasteiger partial charge on any atom is -0.369 e. The molecule has 78 valence electrons. The number of fused-ring (bicyclic) bond motifs is 1. The molecular formula is C7H9N7O. The van der Waals surface area contributed by atoms with Gasteiger partial charge in [-0.15, -0.1) is 10.2 Å². The normalized spacial score (nSPS) is 10.5. The zero-order valence-electron chi connectivity index (χ0n) is 7.98. The van der Waals surface area contributed by atoms with E-state index in [0.717, 1.165) is 0 Å². The molecular weight excluding hydrogens is 198 g/mol. The van der Waals surface area contributed by atoms with Gasteiger partial charge in [-0.3, -0.25) is 9.78 Å². The lowest BCUT2D eigenvalue weighted by molar-refractivity contribution is 0.973. The lowest BCUT2D eigenvalue weighted by Crippen LogP contribution is -2.15. The molecule has 0 fully saturated rings. The number of nitrogens with one attached hydrogen (secondary N) is 2. The highest BCUT2D eigenvalue weighted by Gasteiger charge is 2.06. The van der Waals surface area contributed by atoms with E-state index in [2.05, 4.69) is 30.5 Å². The van der Waals surface area contributed by atoms with Crippen LogP contribution >= 0.6 is 0 Å². The van der Waals surface area contributed by atoms with E-state index in [9.17, 15) is 4.79 Å². The quantitative estimate of drug-likeness (QED) is 0.584. The predicted molar refractivity (Wildman–Crippen MR) is 54.3 cm³/mol. The number of anilines is 2. The first-order valence-corrected chi connectivity index (χ1v) is 4.35. The van der Waals surface area contributed by atoms with Crippen molar-refractivity contribution in [2.75, 3.05) is 17.6 Å². The number of nitrogens with two attached hydrogens (primary N) is 1. The topological polar surface area (TPSA) is 122 Å². The molecule has 8 nitrogen and oxygen atoms in total. The van der Waals surface area contributed by atoms with E-state index in [1.807, 2.05) is 6.92 Å². The molecule has 0 unspecified atom stereocenters. The molecule has 0 aliphatic carbocycles. The zero-order chi connectivity index (χ0) is 10.8. The Morgan fingerprint density at radius 1 is 1.40 bits per heavy atom. The van der Waals surface area contributed by atoms with Crippen LogP contribution in [0.2, 0.25) is 0 Å². The van der Waals surface area contributed by atoms with Gasteiger partial charge in [-0.05, 0) is 6.92 Å². The monoisotopic (exact) mass is 207 g/mol. The van der Waals surface area contributed by atoms with Crippen LogP contribution < -0.4 is 16.6 Å². The summed E-state index contributed by atoms with van der Waals surface area (Å²) in [7, 11) is 0. The van der Waals surface area contributed by atoms with Crippen molar-refractivity contribution >= 4 is 23.1 Å². The van der Waals surface area contributed by atoms with Crippen LogP contribution in [0.3, 0.4) is 0 Å². The number of aromatic nitrogens is 5. The van der Waals surface area contributed by atoms with E-state index in [1.165, 1.54) is 0 Å². The third-order valence-electron chi connectivity index (χ3n) is 1.69. The summed E-state index contributed by atoms with van der Waals surface area (Å²) in [5, 5.41) is 10.3. The first kappa shape index (κ1) is 9.31. The second-order valence-corrected chi connectivity index (χ2v) is 2.79. The Labute approximate surface area is 84.0 Å². The second-order valence-electron chi connectivity index (χ2n) is 2.79. The molecule has 0 bridgehead atoms. The van der Waals surface area contributed by atoms with Gasteiger partial charge < -0.3 is 11.1 Å². The number of hydrogen-bond donors (Lipinski definition) is 3. The predicted octanol–water partition coefficient (Wildman–Crippen LogP) is -0.878. The molecule has 2 heterocycles. The number of hydrogen-bond acceptors (Lipinski definition) is 7. The first-order valence-electron chi connectivity index (χ1n) is 4.35. The Morgan fingerprint density at radius 2 is 2.20 bits per heavy atom. The SMILES string of the molecule is CCNc1nnc2c(=O)[nH]c(N)nc2n1. The van der Waals surface area contributed by atoms with Crippen LogP contribution in [0.25, 0.3) is 11.2 Å². The van der Waals surface area contributed by atoms with E-state index in [-0.39, 0.29) is 17.1 Å². The number of aromatic amines is 1. The van der Waals surface area contributed by atoms with Crippen molar-refractivity contribution in [1.82, 2.24) is 25.1 Å². The summed E-state index contributed by atoms with van der Waals surface area (Å²) in [5.74, 6) is 0.331. The van der Waals surface area contributed by atoms with Gasteiger partial charge in [0.1, 0.15) is 0 Å². The van der Waals surface area contributed by atoms with Gasteiger partial charge in [-0.25, -0.2) is 0 Å². The zero-order valence-corrected chi connectivity index (χ0v) is 7.98. The van der Waals surface area contributed by atoms with Gasteiger partial charge in [0, 0.05) is 6.54 Å². The minimum absolute atomic E-state index is 0.00967. The Bertz CT molecular complexity index is 549. The molecule has 2 rings (SSSR count). The van der Waals surface area contributed by atoms with Gasteiger partial charge >= 0.3 is 0 Å². The summed E-state index contributed by atoms with van der Waals surface area (Å²) >= 11 is 0. The summed E-state index contributed by atoms with van der Waals surface area (Å²) in [6.07, 6.45) is 0. The molecule has 2 aromatic rings. The molecule has 8 heteroatoms. The van der Waals surface area contributed by atoms with Crippen molar-refractivity contribution < 1.29 is 0 Å². The summed E-state index contributed by atoms with van der Waals surface area (Å²) in [6.45, 7) is 2.55. The van der Waals surface area contributed by atoms with E-state index >= 15 is 0 Å². The van der Waals surface area contributed by atoms with Gasteiger partial charge in [0.05, 0.1) is 0 Å². The van der Waals surface area contributed by atoms with Crippen LogP contribution in [0.1, 0.15) is 6.92 Å². The average Bonchev–Trinajstić information content (AvgIpc) is 2.17. The molecule has 0 spiro atoms. The summed E-state index contributed by atoms with van der Waals surface area (Å²) < 4.78 is 0. The van der Waals surface area contributed by atoms with Gasteiger partial charge in [0.15, 0.2) is 11.2 Å². The first-order chi connectivity index (χ1) is 7.20. The standard InChI is InChI=1S/C7H9N7O/c1-2-9-7-11-4-3(13-14-7)5(15)12-6(8)10-4/h2H2,1H3,(H4,8,9,10,11,12,14,15). The van der Waals surface area contributed by atoms with Crippen molar-refractivity contribution in [3.63, 3.8) is 0 Å². The highest BCUT2D eigenvalue weighted by Crippen LogP contribution is 2.03. The van der Waals surface area contributed by atoms with Gasteiger partial charge in [-0.1, -0.05) is 0 Å². The second kappa shape index (κ2) is 3.48. The maximum Gasteiger partial charge on any atom is 0.282 e. The van der Waals surface area contributed by atoms with Crippen LogP contribution in [0.15, 0.2) is 4.79 Å². The fourth-order valence-corrected chi connectivity index (χ4v) is 1.09. The highest BCUT2D eigenvalue weighted by molar-refractivity contribution is 5.69. The van der Waals surface area contributed by atoms with E-state index in [0.29, 0.717) is 12.5 Å². The minimum atomic E-state index is -0.444. The molecule has 0 aliphatic rings. The summed E-state index contributed by atoms with van der Waals surface area (Å²) in [5.41, 5.74) is 5.19. The lowest BCUT2D eigenvalue weighted by Gasteiger charge is -2.00. The molecule has 2 aromatic heterocycles. The molecule has 0 amide bonds. The fraction of sp³-hybridized carbons (Fsp3) is 0.286. The average molecular weight is 207 g/mol. The van der Waals surface area contributed by atoms with E-state index in [1.54, 1.807) is 0 Å². The van der Waals surface area contributed by atoms with Crippen LogP contribution in [0, 0.1) is 0 Å². The summed E-state index contributed by atoms with van der Waals surface area (Å²) in [4.78, 5) is 21.5. The van der Waals surface area contributed by atoms with Crippen molar-refractivity contribution in [2.45, 2.75) is 6.92 Å². The molecule has 0 saturated carbocycles. The fourth-order valence-electron chi connectivity index (χ4n) is 1.09. The molecule has 0 radical (unpaired) electrons.